The molecular weight excluding hydrogens is 243 g/mol. The lowest BCUT2D eigenvalue weighted by atomic mass is 10.3. The summed E-state index contributed by atoms with van der Waals surface area (Å²) in [5.41, 5.74) is 0. The van der Waals surface area contributed by atoms with Crippen LogP contribution in [0.25, 0.3) is 0 Å². The summed E-state index contributed by atoms with van der Waals surface area (Å²) >= 11 is 4.55. The molecule has 0 atom stereocenters. The lowest BCUT2D eigenvalue weighted by Crippen LogP contribution is -1.91. The van der Waals surface area contributed by atoms with E-state index in [1.165, 1.54) is 18.9 Å². The standard InChI is InChI=1S/C8H8BrFOS/c1-11-8-5(9)3-4-6(12-2)7(8)10/h3-4H,1-2H3. The van der Waals surface area contributed by atoms with Crippen LogP contribution >= 0.6 is 27.7 Å². The maximum Gasteiger partial charge on any atom is 0.179 e. The van der Waals surface area contributed by atoms with Gasteiger partial charge in [-0.05, 0) is 34.3 Å². The zero-order chi connectivity index (χ0) is 9.14. The van der Waals surface area contributed by atoms with E-state index in [-0.39, 0.29) is 11.6 Å². The van der Waals surface area contributed by atoms with E-state index < -0.39 is 0 Å². The van der Waals surface area contributed by atoms with Crippen molar-refractivity contribution in [1.82, 2.24) is 0 Å². The molecule has 0 amide bonds. The van der Waals surface area contributed by atoms with E-state index in [9.17, 15) is 4.39 Å². The van der Waals surface area contributed by atoms with Crippen LogP contribution in [0.3, 0.4) is 0 Å². The Morgan fingerprint density at radius 3 is 2.67 bits per heavy atom. The van der Waals surface area contributed by atoms with Gasteiger partial charge in [0.25, 0.3) is 0 Å². The van der Waals surface area contributed by atoms with Crippen LogP contribution in [-0.2, 0) is 0 Å². The molecule has 0 saturated heterocycles. The van der Waals surface area contributed by atoms with Gasteiger partial charge in [-0.2, -0.15) is 0 Å². The van der Waals surface area contributed by atoms with Crippen LogP contribution in [0, 0.1) is 5.82 Å². The summed E-state index contributed by atoms with van der Waals surface area (Å²) in [6, 6.07) is 3.49. The molecule has 1 aromatic rings. The summed E-state index contributed by atoms with van der Waals surface area (Å²) in [4.78, 5) is 0.593. The molecule has 0 radical (unpaired) electrons. The second-order valence-electron chi connectivity index (χ2n) is 2.10. The maximum atomic E-state index is 13.4. The molecule has 0 aliphatic rings. The molecule has 0 aromatic heterocycles. The monoisotopic (exact) mass is 250 g/mol. The molecule has 0 fully saturated rings. The third-order valence-corrected chi connectivity index (χ3v) is 2.82. The Kier molecular flexibility index (Phi) is 3.40. The Hall–Kier alpha value is -0.220. The molecule has 0 heterocycles. The zero-order valence-electron chi connectivity index (χ0n) is 6.73. The van der Waals surface area contributed by atoms with E-state index in [1.807, 2.05) is 6.26 Å². The number of rotatable bonds is 2. The second kappa shape index (κ2) is 4.14. The largest absolute Gasteiger partial charge is 0.492 e. The van der Waals surface area contributed by atoms with Gasteiger partial charge in [0.15, 0.2) is 11.6 Å². The quantitative estimate of drug-likeness (QED) is 0.745. The first-order valence-electron chi connectivity index (χ1n) is 3.26. The Morgan fingerprint density at radius 1 is 1.50 bits per heavy atom. The van der Waals surface area contributed by atoms with Crippen molar-refractivity contribution in [3.05, 3.63) is 22.4 Å². The Morgan fingerprint density at radius 2 is 2.17 bits per heavy atom. The van der Waals surface area contributed by atoms with Crippen molar-refractivity contribution < 1.29 is 9.13 Å². The van der Waals surface area contributed by atoms with Gasteiger partial charge in [0, 0.05) is 4.90 Å². The van der Waals surface area contributed by atoms with E-state index in [1.54, 1.807) is 12.1 Å². The summed E-state index contributed by atoms with van der Waals surface area (Å²) in [5.74, 6) is -0.0405. The molecule has 0 saturated carbocycles. The van der Waals surface area contributed by atoms with Gasteiger partial charge < -0.3 is 4.74 Å². The normalized spacial score (nSPS) is 10.0. The van der Waals surface area contributed by atoms with Crippen molar-refractivity contribution in [2.45, 2.75) is 4.90 Å². The second-order valence-corrected chi connectivity index (χ2v) is 3.80. The van der Waals surface area contributed by atoms with Gasteiger partial charge in [-0.3, -0.25) is 0 Å². The van der Waals surface area contributed by atoms with Crippen LogP contribution in [0.15, 0.2) is 21.5 Å². The van der Waals surface area contributed by atoms with E-state index in [2.05, 4.69) is 15.9 Å². The molecule has 4 heteroatoms. The fraction of sp³-hybridized carbons (Fsp3) is 0.250. The molecule has 0 aliphatic heterocycles. The van der Waals surface area contributed by atoms with Gasteiger partial charge in [-0.1, -0.05) is 0 Å². The summed E-state index contributed by atoms with van der Waals surface area (Å²) in [6.45, 7) is 0. The first-order valence-corrected chi connectivity index (χ1v) is 5.28. The molecule has 1 rings (SSSR count). The SMILES string of the molecule is COc1c(Br)ccc(SC)c1F. The fourth-order valence-corrected chi connectivity index (χ4v) is 1.80. The van der Waals surface area contributed by atoms with E-state index in [0.717, 1.165) is 0 Å². The molecule has 0 spiro atoms. The minimum atomic E-state index is -0.306. The van der Waals surface area contributed by atoms with Crippen molar-refractivity contribution in [3.8, 4) is 5.75 Å². The number of benzene rings is 1. The van der Waals surface area contributed by atoms with Crippen molar-refractivity contribution in [2.24, 2.45) is 0 Å². The van der Waals surface area contributed by atoms with Crippen molar-refractivity contribution in [1.29, 1.82) is 0 Å². The number of hydrogen-bond acceptors (Lipinski definition) is 2. The van der Waals surface area contributed by atoms with Crippen molar-refractivity contribution in [3.63, 3.8) is 0 Å². The highest BCUT2D eigenvalue weighted by molar-refractivity contribution is 9.10. The third-order valence-electron chi connectivity index (χ3n) is 1.44. The van der Waals surface area contributed by atoms with Gasteiger partial charge in [0.05, 0.1) is 11.6 Å². The topological polar surface area (TPSA) is 9.23 Å². The van der Waals surface area contributed by atoms with Gasteiger partial charge in [0.1, 0.15) is 0 Å². The highest BCUT2D eigenvalue weighted by atomic mass is 79.9. The Balaban J connectivity index is 3.24. The van der Waals surface area contributed by atoms with Crippen LogP contribution in [0.2, 0.25) is 0 Å². The first-order chi connectivity index (χ1) is 5.70. The van der Waals surface area contributed by atoms with Gasteiger partial charge in [0.2, 0.25) is 0 Å². The molecule has 1 nitrogen and oxygen atoms in total. The smallest absolute Gasteiger partial charge is 0.179 e. The lowest BCUT2D eigenvalue weighted by Gasteiger charge is -2.06. The molecule has 0 aliphatic carbocycles. The molecule has 0 N–H and O–H groups in total. The van der Waals surface area contributed by atoms with Crippen LogP contribution in [0.1, 0.15) is 0 Å². The number of ether oxygens (including phenoxy) is 1. The lowest BCUT2D eigenvalue weighted by molar-refractivity contribution is 0.379. The number of thioether (sulfide) groups is 1. The molecule has 1 aromatic carbocycles. The van der Waals surface area contributed by atoms with Crippen LogP contribution in [0.4, 0.5) is 4.39 Å². The fourth-order valence-electron chi connectivity index (χ4n) is 0.859. The first kappa shape index (κ1) is 9.86. The molecule has 0 bridgehead atoms. The Labute approximate surface area is 83.4 Å². The van der Waals surface area contributed by atoms with E-state index in [0.29, 0.717) is 9.37 Å². The average Bonchev–Trinajstić information content (AvgIpc) is 2.06. The van der Waals surface area contributed by atoms with Crippen molar-refractivity contribution in [2.75, 3.05) is 13.4 Å². The van der Waals surface area contributed by atoms with Crippen LogP contribution in [-0.4, -0.2) is 13.4 Å². The number of methoxy groups -OCH3 is 1. The average molecular weight is 251 g/mol. The zero-order valence-corrected chi connectivity index (χ0v) is 9.13. The van der Waals surface area contributed by atoms with Gasteiger partial charge >= 0.3 is 0 Å². The highest BCUT2D eigenvalue weighted by Crippen LogP contribution is 2.33. The summed E-state index contributed by atoms with van der Waals surface area (Å²) < 4.78 is 18.9. The Bertz CT molecular complexity index is 291. The molecule has 12 heavy (non-hydrogen) atoms. The summed E-state index contributed by atoms with van der Waals surface area (Å²) in [7, 11) is 1.45. The highest BCUT2D eigenvalue weighted by Gasteiger charge is 2.11. The minimum Gasteiger partial charge on any atom is -0.492 e. The van der Waals surface area contributed by atoms with Gasteiger partial charge in [-0.15, -0.1) is 11.8 Å². The third kappa shape index (κ3) is 1.75. The predicted octanol–water partition coefficient (Wildman–Crippen LogP) is 3.32. The van der Waals surface area contributed by atoms with E-state index >= 15 is 0 Å². The predicted molar refractivity (Wildman–Crippen MR) is 52.4 cm³/mol. The summed E-state index contributed by atoms with van der Waals surface area (Å²) in [5, 5.41) is 0. The summed E-state index contributed by atoms with van der Waals surface area (Å²) in [6.07, 6.45) is 1.83. The number of halogens is 2. The van der Waals surface area contributed by atoms with Crippen LogP contribution < -0.4 is 4.74 Å². The molecule has 66 valence electrons. The van der Waals surface area contributed by atoms with Crippen molar-refractivity contribution >= 4 is 27.7 Å². The molecular formula is C8H8BrFOS. The minimum absolute atomic E-state index is 0.266. The number of hydrogen-bond donors (Lipinski definition) is 0. The van der Waals surface area contributed by atoms with E-state index in [4.69, 9.17) is 4.74 Å². The molecule has 0 unspecified atom stereocenters. The van der Waals surface area contributed by atoms with Crippen LogP contribution in [0.5, 0.6) is 5.75 Å². The van der Waals surface area contributed by atoms with Gasteiger partial charge in [-0.25, -0.2) is 4.39 Å². The maximum absolute atomic E-state index is 13.4.